The quantitative estimate of drug-likeness (QED) is 0.332. The smallest absolute Gasteiger partial charge is 0.329 e. The average molecular weight is 410 g/mol. The Labute approximate surface area is 175 Å². The molecule has 0 aliphatic heterocycles. The molecule has 0 saturated heterocycles. The van der Waals surface area contributed by atoms with Gasteiger partial charge in [0.15, 0.2) is 6.61 Å². The molecule has 3 amide bonds. The zero-order chi connectivity index (χ0) is 21.8. The Balaban J connectivity index is 1.78. The lowest BCUT2D eigenvalue weighted by Gasteiger charge is -2.09. The number of benzene rings is 2. The molecular weight excluding hydrogens is 384 g/mol. The molecule has 2 aromatic rings. The molecule has 0 bridgehead atoms. The molecule has 0 aliphatic carbocycles. The Morgan fingerprint density at radius 3 is 2.57 bits per heavy atom. The number of carbonyl (C=O) groups excluding carboxylic acids is 3. The topological polar surface area (TPSA) is 109 Å². The van der Waals surface area contributed by atoms with Crippen LogP contribution in [0.3, 0.4) is 0 Å². The minimum absolute atomic E-state index is 0.0917. The molecule has 0 spiro atoms. The van der Waals surface area contributed by atoms with Crippen molar-refractivity contribution in [3.63, 3.8) is 0 Å². The van der Waals surface area contributed by atoms with Crippen LogP contribution >= 0.6 is 0 Å². The van der Waals surface area contributed by atoms with Crippen molar-refractivity contribution in [1.82, 2.24) is 16.1 Å². The van der Waals surface area contributed by atoms with Gasteiger partial charge in [-0.2, -0.15) is 5.10 Å². The number of nitrogens with one attached hydrogen (secondary N) is 3. The SMILES string of the molecule is CC[C@H](C)NC(=O)C(=O)N/N=C\c1cccc(OCC(=O)NCc2ccccc2)c1. The van der Waals surface area contributed by atoms with E-state index in [1.165, 1.54) is 6.21 Å². The van der Waals surface area contributed by atoms with E-state index in [0.29, 0.717) is 17.9 Å². The zero-order valence-corrected chi connectivity index (χ0v) is 17.1. The first-order valence-corrected chi connectivity index (χ1v) is 9.65. The van der Waals surface area contributed by atoms with Gasteiger partial charge in [-0.05, 0) is 36.6 Å². The first-order chi connectivity index (χ1) is 14.5. The van der Waals surface area contributed by atoms with Crippen molar-refractivity contribution in [2.24, 2.45) is 5.10 Å². The summed E-state index contributed by atoms with van der Waals surface area (Å²) in [5.74, 6) is -1.33. The summed E-state index contributed by atoms with van der Waals surface area (Å²) in [6.07, 6.45) is 2.11. The molecule has 158 valence electrons. The van der Waals surface area contributed by atoms with E-state index in [4.69, 9.17) is 4.74 Å². The maximum atomic E-state index is 11.9. The van der Waals surface area contributed by atoms with Crippen LogP contribution in [0.5, 0.6) is 5.75 Å². The van der Waals surface area contributed by atoms with Crippen LogP contribution in [0.4, 0.5) is 0 Å². The van der Waals surface area contributed by atoms with Gasteiger partial charge in [-0.1, -0.05) is 49.4 Å². The van der Waals surface area contributed by atoms with Gasteiger partial charge in [0.2, 0.25) is 0 Å². The van der Waals surface area contributed by atoms with Gasteiger partial charge >= 0.3 is 11.8 Å². The summed E-state index contributed by atoms with van der Waals surface area (Å²) < 4.78 is 5.49. The number of hydrazone groups is 1. The molecule has 0 aliphatic rings. The van der Waals surface area contributed by atoms with E-state index in [1.807, 2.05) is 44.2 Å². The molecule has 0 aromatic heterocycles. The second-order valence-corrected chi connectivity index (χ2v) is 6.61. The predicted octanol–water partition coefficient (Wildman–Crippen LogP) is 1.75. The molecule has 3 N–H and O–H groups in total. The number of hydrogen-bond acceptors (Lipinski definition) is 5. The fourth-order valence-corrected chi connectivity index (χ4v) is 2.29. The summed E-state index contributed by atoms with van der Waals surface area (Å²) in [6, 6.07) is 16.3. The molecule has 2 aromatic carbocycles. The highest BCUT2D eigenvalue weighted by Gasteiger charge is 2.14. The lowest BCUT2D eigenvalue weighted by molar-refractivity contribution is -0.139. The standard InChI is InChI=1S/C22H26N4O4/c1-3-16(2)25-21(28)22(29)26-24-14-18-10-7-11-19(12-18)30-15-20(27)23-13-17-8-5-4-6-9-17/h4-12,14,16H,3,13,15H2,1-2H3,(H,23,27)(H,25,28)(H,26,29)/b24-14-/t16-/m0/s1. The lowest BCUT2D eigenvalue weighted by Crippen LogP contribution is -2.41. The lowest BCUT2D eigenvalue weighted by atomic mass is 10.2. The van der Waals surface area contributed by atoms with Crippen molar-refractivity contribution >= 4 is 23.9 Å². The summed E-state index contributed by atoms with van der Waals surface area (Å²) in [7, 11) is 0. The Morgan fingerprint density at radius 1 is 1.07 bits per heavy atom. The van der Waals surface area contributed by atoms with Gasteiger partial charge in [0.25, 0.3) is 5.91 Å². The highest BCUT2D eigenvalue weighted by atomic mass is 16.5. The van der Waals surface area contributed by atoms with Gasteiger partial charge in [0, 0.05) is 12.6 Å². The van der Waals surface area contributed by atoms with Gasteiger partial charge in [0.05, 0.1) is 6.21 Å². The second-order valence-electron chi connectivity index (χ2n) is 6.61. The van der Waals surface area contributed by atoms with Crippen molar-refractivity contribution < 1.29 is 19.1 Å². The van der Waals surface area contributed by atoms with Gasteiger partial charge < -0.3 is 15.4 Å². The normalized spacial score (nSPS) is 11.5. The summed E-state index contributed by atoms with van der Waals surface area (Å²) in [5.41, 5.74) is 3.82. The summed E-state index contributed by atoms with van der Waals surface area (Å²) in [4.78, 5) is 35.3. The van der Waals surface area contributed by atoms with Gasteiger partial charge in [-0.3, -0.25) is 14.4 Å². The maximum absolute atomic E-state index is 11.9. The fraction of sp³-hybridized carbons (Fsp3) is 0.273. The van der Waals surface area contributed by atoms with Crippen molar-refractivity contribution in [3.05, 3.63) is 65.7 Å². The molecule has 30 heavy (non-hydrogen) atoms. The van der Waals surface area contributed by atoms with Crippen molar-refractivity contribution in [2.75, 3.05) is 6.61 Å². The molecule has 0 radical (unpaired) electrons. The molecule has 0 unspecified atom stereocenters. The van der Waals surface area contributed by atoms with Crippen LogP contribution in [0.2, 0.25) is 0 Å². The molecule has 1 atom stereocenters. The molecule has 2 rings (SSSR count). The van der Waals surface area contributed by atoms with Crippen LogP contribution in [0.15, 0.2) is 59.7 Å². The number of ether oxygens (including phenoxy) is 1. The van der Waals surface area contributed by atoms with E-state index in [1.54, 1.807) is 24.3 Å². The van der Waals surface area contributed by atoms with Crippen LogP contribution < -0.4 is 20.8 Å². The Bertz CT molecular complexity index is 884. The predicted molar refractivity (Wildman–Crippen MR) is 114 cm³/mol. The molecule has 0 saturated carbocycles. The van der Waals surface area contributed by atoms with Gasteiger partial charge in [0.1, 0.15) is 5.75 Å². The molecule has 8 heteroatoms. The second kappa shape index (κ2) is 12.0. The highest BCUT2D eigenvalue weighted by molar-refractivity contribution is 6.35. The van der Waals surface area contributed by atoms with Crippen LogP contribution in [0.25, 0.3) is 0 Å². The number of carbonyl (C=O) groups is 3. The fourth-order valence-electron chi connectivity index (χ4n) is 2.29. The maximum Gasteiger partial charge on any atom is 0.329 e. The summed E-state index contributed by atoms with van der Waals surface area (Å²) in [5, 5.41) is 9.11. The van der Waals surface area contributed by atoms with Crippen molar-refractivity contribution in [3.8, 4) is 5.75 Å². The third-order valence-corrected chi connectivity index (χ3v) is 4.14. The molecule has 0 heterocycles. The Kier molecular flexibility index (Phi) is 9.05. The van der Waals surface area contributed by atoms with E-state index >= 15 is 0 Å². The summed E-state index contributed by atoms with van der Waals surface area (Å²) in [6.45, 7) is 4.02. The van der Waals surface area contributed by atoms with E-state index in [0.717, 1.165) is 12.0 Å². The minimum Gasteiger partial charge on any atom is -0.484 e. The minimum atomic E-state index is -0.839. The van der Waals surface area contributed by atoms with Crippen LogP contribution in [-0.2, 0) is 20.9 Å². The van der Waals surface area contributed by atoms with Crippen LogP contribution in [-0.4, -0.2) is 36.6 Å². The van der Waals surface area contributed by atoms with Crippen LogP contribution in [0.1, 0.15) is 31.4 Å². The Morgan fingerprint density at radius 2 is 1.83 bits per heavy atom. The van der Waals surface area contributed by atoms with Crippen LogP contribution in [0, 0.1) is 0 Å². The molecule has 8 nitrogen and oxygen atoms in total. The highest BCUT2D eigenvalue weighted by Crippen LogP contribution is 2.11. The zero-order valence-electron chi connectivity index (χ0n) is 17.1. The van der Waals surface area contributed by atoms with E-state index < -0.39 is 11.8 Å². The van der Waals surface area contributed by atoms with Crippen molar-refractivity contribution in [2.45, 2.75) is 32.9 Å². The van der Waals surface area contributed by atoms with E-state index in [-0.39, 0.29) is 18.6 Å². The largest absolute Gasteiger partial charge is 0.484 e. The first-order valence-electron chi connectivity index (χ1n) is 9.65. The number of amides is 3. The summed E-state index contributed by atoms with van der Waals surface area (Å²) >= 11 is 0. The third kappa shape index (κ3) is 8.14. The monoisotopic (exact) mass is 410 g/mol. The first kappa shape index (κ1) is 22.6. The van der Waals surface area contributed by atoms with E-state index in [2.05, 4.69) is 21.2 Å². The number of hydrogen-bond donors (Lipinski definition) is 3. The van der Waals surface area contributed by atoms with Gasteiger partial charge in [-0.25, -0.2) is 5.43 Å². The number of nitrogens with zero attached hydrogens (tertiary/aromatic N) is 1. The molecular formula is C22H26N4O4. The van der Waals surface area contributed by atoms with Gasteiger partial charge in [-0.15, -0.1) is 0 Å². The van der Waals surface area contributed by atoms with Crippen molar-refractivity contribution in [1.29, 1.82) is 0 Å². The van der Waals surface area contributed by atoms with E-state index in [9.17, 15) is 14.4 Å². The average Bonchev–Trinajstić information content (AvgIpc) is 2.77. The third-order valence-electron chi connectivity index (χ3n) is 4.14. The Hall–Kier alpha value is -3.68. The molecule has 0 fully saturated rings. The number of rotatable bonds is 9.